The quantitative estimate of drug-likeness (QED) is 0.0166. The number of aliphatic imine (C=N–C) groups is 6. The molecule has 1 fully saturated rings. The highest BCUT2D eigenvalue weighted by Gasteiger charge is 2.39. The Morgan fingerprint density at radius 1 is 0.462 bits per heavy atom. The van der Waals surface area contributed by atoms with Gasteiger partial charge in [-0.1, -0.05) is 6.42 Å². The number of unbranched alkanes of at least 4 members (excludes halogenated alkanes) is 2. The zero-order valence-corrected chi connectivity index (χ0v) is 52.3. The first kappa shape index (κ1) is 76.9. The van der Waals surface area contributed by atoms with Crippen LogP contribution in [0.5, 0.6) is 0 Å². The summed E-state index contributed by atoms with van der Waals surface area (Å²) in [5.74, 6) is -7.54. The molecule has 0 radical (unpaired) electrons. The van der Waals surface area contributed by atoms with E-state index in [0.717, 1.165) is 0 Å². The molecule has 0 bridgehead atoms. The topological polar surface area (TPSA) is 723 Å². The van der Waals surface area contributed by atoms with E-state index in [-0.39, 0.29) is 177 Å². The number of primary amides is 1. The smallest absolute Gasteiger partial charge is 0.243 e. The Bertz CT molecular complexity index is 2950. The molecule has 8 amide bonds. The fourth-order valence-corrected chi connectivity index (χ4v) is 9.84. The van der Waals surface area contributed by atoms with Crippen LogP contribution in [-0.2, 0) is 38.4 Å². The molecule has 2 aromatic rings. The third-order valence-electron chi connectivity index (χ3n) is 14.5. The molecule has 1 aliphatic rings. The second-order valence-corrected chi connectivity index (χ2v) is 22.0. The van der Waals surface area contributed by atoms with E-state index in [1.54, 1.807) is 4.57 Å². The molecule has 0 unspecified atom stereocenters. The highest BCUT2D eigenvalue weighted by Crippen LogP contribution is 2.37. The number of hydrogen-bond donors (Lipinski definition) is 22. The maximum Gasteiger partial charge on any atom is 0.243 e. The summed E-state index contributed by atoms with van der Waals surface area (Å²) in [6, 6.07) is -8.57. The van der Waals surface area contributed by atoms with E-state index in [1.807, 2.05) is 0 Å². The second-order valence-electron chi connectivity index (χ2n) is 22.0. The van der Waals surface area contributed by atoms with Crippen molar-refractivity contribution in [3.05, 3.63) is 12.7 Å². The average molecular weight is 1310 g/mol. The standard InChI is InChI=1S/C53H97N31O9/c54-39-38-41(76-26-75-39)84(27-77-38)35-24-28(25-36(35)85)42(88)68-17-3-1-2-16-37(86)78-30(11-5-19-70-49(58)59)43(89)80-32(13-7-21-72-51(62)63)45(91)82-34(15-9-23-74-53(66)67)47(93)83-33(14-8-22-73-52(64)65)46(92)81-31(12-6-20-71-50(60)61)44(90)79-29(40(55)87)10-4-18-69-48(56)57/h26-36,85H,1-25H2,(H2,55,87)(H,68,88)(H,78,86)(H,79,90)(H,80,89)(H,81,92)(H,82,91)(H,83,93)(H2,54,75,76)(H4,56,57,69)(H4,58,59,70)(H4,60,61,71)(H4,62,63,72)(H4,64,65,73)(H4,66,67,74)/t28-,29+,30+,31+,32+,33+,34+,35+,36+/m0/s1. The number of nitrogen functional groups attached to an aromatic ring is 1. The molecule has 9 atom stereocenters. The molecule has 518 valence electrons. The van der Waals surface area contributed by atoms with Crippen LogP contribution in [0.25, 0.3) is 11.2 Å². The first-order valence-corrected chi connectivity index (χ1v) is 30.5. The third-order valence-corrected chi connectivity index (χ3v) is 14.5. The first-order chi connectivity index (χ1) is 44.2. The maximum absolute atomic E-state index is 14.6. The van der Waals surface area contributed by atoms with Gasteiger partial charge in [0.05, 0.1) is 18.5 Å². The number of carbonyl (C=O) groups is 8. The Morgan fingerprint density at radius 3 is 1.18 bits per heavy atom. The molecule has 0 spiro atoms. The first-order valence-electron chi connectivity index (χ1n) is 30.5. The van der Waals surface area contributed by atoms with Crippen molar-refractivity contribution in [3.63, 3.8) is 0 Å². The minimum absolute atomic E-state index is 0.00177. The number of guanidine groups is 6. The van der Waals surface area contributed by atoms with Crippen molar-refractivity contribution in [3.8, 4) is 0 Å². The van der Waals surface area contributed by atoms with E-state index in [9.17, 15) is 43.5 Å². The third kappa shape index (κ3) is 29.9. The molecule has 93 heavy (non-hydrogen) atoms. The number of imidazole rings is 1. The van der Waals surface area contributed by atoms with Crippen LogP contribution in [0.4, 0.5) is 5.82 Å². The molecule has 1 aliphatic carbocycles. The SMILES string of the molecule is NC(=O)[C@@H](CCCN=C(N)N)NC(=O)[C@@H](CCCN=C(N)N)NC(=O)[C@@H](CCCN=C(N)N)NC(=O)[C@@H](CCCN=C(N)N)NC(=O)[C@@H](CCCN=C(N)N)NC(=O)[C@@H](CCCN=C(N)N)NC(=O)CCCCCNC(=O)[C@@H]1C[C@@H](O)[C@H](n2cnc3c(N)ncnc32)C1. The molecule has 1 saturated carbocycles. The van der Waals surface area contributed by atoms with Gasteiger partial charge in [-0.15, -0.1) is 0 Å². The molecule has 2 aromatic heterocycles. The molecular formula is C53H97N31O9. The molecular weight excluding hydrogens is 1210 g/mol. The van der Waals surface area contributed by atoms with Crippen LogP contribution in [0.2, 0.25) is 0 Å². The predicted molar refractivity (Wildman–Crippen MR) is 349 cm³/mol. The molecule has 3 rings (SSSR count). The van der Waals surface area contributed by atoms with Gasteiger partial charge in [-0.25, -0.2) is 15.0 Å². The summed E-state index contributed by atoms with van der Waals surface area (Å²) < 4.78 is 1.70. The van der Waals surface area contributed by atoms with Gasteiger partial charge in [-0.2, -0.15) is 0 Å². The largest absolute Gasteiger partial charge is 0.391 e. The number of carbonyl (C=O) groups excluding carboxylic acids is 8. The number of fused-ring (bicyclic) bond motifs is 1. The van der Waals surface area contributed by atoms with Gasteiger partial charge >= 0.3 is 0 Å². The van der Waals surface area contributed by atoms with E-state index < -0.39 is 95.7 Å². The number of aliphatic hydroxyl groups excluding tert-OH is 1. The van der Waals surface area contributed by atoms with E-state index in [0.29, 0.717) is 43.4 Å². The molecule has 0 aromatic carbocycles. The number of rotatable bonds is 44. The summed E-state index contributed by atoms with van der Waals surface area (Å²) in [4.78, 5) is 147. The zero-order valence-electron chi connectivity index (χ0n) is 52.3. The van der Waals surface area contributed by atoms with Gasteiger partial charge in [-0.3, -0.25) is 68.3 Å². The van der Waals surface area contributed by atoms with Crippen molar-refractivity contribution < 1.29 is 43.5 Å². The summed E-state index contributed by atoms with van der Waals surface area (Å²) in [6.45, 7) is 0.530. The maximum atomic E-state index is 14.6. The number of nitrogens with two attached hydrogens (primary N) is 14. The van der Waals surface area contributed by atoms with E-state index in [2.05, 4.69) is 82.1 Å². The van der Waals surface area contributed by atoms with Gasteiger partial charge in [0.2, 0.25) is 47.3 Å². The van der Waals surface area contributed by atoms with Crippen molar-refractivity contribution in [2.45, 2.75) is 164 Å². The summed E-state index contributed by atoms with van der Waals surface area (Å²) in [5.41, 5.74) is 78.8. The Balaban J connectivity index is 1.83. The second kappa shape index (κ2) is 41.1. The monoisotopic (exact) mass is 1310 g/mol. The van der Waals surface area contributed by atoms with Crippen molar-refractivity contribution in [1.29, 1.82) is 0 Å². The van der Waals surface area contributed by atoms with Crippen LogP contribution in [-0.4, -0.2) is 196 Å². The minimum atomic E-state index is -1.46. The van der Waals surface area contributed by atoms with Gasteiger partial charge in [0.25, 0.3) is 0 Å². The van der Waals surface area contributed by atoms with Crippen LogP contribution in [0, 0.1) is 5.92 Å². The fraction of sp³-hybridized carbons (Fsp3) is 0.642. The Morgan fingerprint density at radius 2 is 0.817 bits per heavy atom. The molecule has 2 heterocycles. The molecule has 36 N–H and O–H groups in total. The molecule has 40 nitrogen and oxygen atoms in total. The lowest BCUT2D eigenvalue weighted by atomic mass is 10.0. The lowest BCUT2D eigenvalue weighted by Gasteiger charge is -2.27. The number of hydrogen-bond acceptors (Lipinski definition) is 19. The number of aliphatic hydroxyl groups is 1. The number of aromatic nitrogens is 4. The number of anilines is 1. The van der Waals surface area contributed by atoms with Crippen molar-refractivity contribution in [2.24, 2.45) is 110 Å². The van der Waals surface area contributed by atoms with Crippen LogP contribution in [0.3, 0.4) is 0 Å². The number of amides is 8. The summed E-state index contributed by atoms with van der Waals surface area (Å²) >= 11 is 0. The van der Waals surface area contributed by atoms with Crippen molar-refractivity contribution >= 4 is 100.0 Å². The van der Waals surface area contributed by atoms with Crippen molar-refractivity contribution in [1.82, 2.24) is 56.7 Å². The van der Waals surface area contributed by atoms with Crippen molar-refractivity contribution in [2.75, 3.05) is 51.5 Å². The van der Waals surface area contributed by atoms with Gasteiger partial charge in [0.15, 0.2) is 47.2 Å². The predicted octanol–water partition coefficient (Wildman–Crippen LogP) is -8.89. The highest BCUT2D eigenvalue weighted by atomic mass is 16.3. The Hall–Kier alpha value is -10.3. The molecule has 0 aliphatic heterocycles. The van der Waals surface area contributed by atoms with E-state index in [4.69, 9.17) is 80.3 Å². The fourth-order valence-electron chi connectivity index (χ4n) is 9.84. The summed E-state index contributed by atoms with van der Waals surface area (Å²) in [7, 11) is 0. The van der Waals surface area contributed by atoms with Crippen LogP contribution >= 0.6 is 0 Å². The average Bonchev–Trinajstić information content (AvgIpc) is 1.66. The lowest BCUT2D eigenvalue weighted by Crippen LogP contribution is -2.59. The Labute approximate surface area is 537 Å². The van der Waals surface area contributed by atoms with Crippen LogP contribution in [0.1, 0.15) is 122 Å². The summed E-state index contributed by atoms with van der Waals surface area (Å²) in [6.07, 6.45) is 4.38. The minimum Gasteiger partial charge on any atom is -0.391 e. The van der Waals surface area contributed by atoms with Gasteiger partial charge in [-0.05, 0) is 103 Å². The van der Waals surface area contributed by atoms with Crippen LogP contribution < -0.4 is 117 Å². The number of nitrogens with one attached hydrogen (secondary N) is 7. The molecule has 40 heteroatoms. The highest BCUT2D eigenvalue weighted by molar-refractivity contribution is 5.97. The number of nitrogens with zero attached hydrogens (tertiary/aromatic N) is 10. The normalized spacial score (nSPS) is 16.0. The van der Waals surface area contributed by atoms with Gasteiger partial charge in [0.1, 0.15) is 48.1 Å². The van der Waals surface area contributed by atoms with Gasteiger partial charge in [0, 0.05) is 58.2 Å². The lowest BCUT2D eigenvalue weighted by molar-refractivity contribution is -0.135. The van der Waals surface area contributed by atoms with Crippen LogP contribution in [0.15, 0.2) is 42.6 Å². The Kier molecular flexibility index (Phi) is 34.0. The summed E-state index contributed by atoms with van der Waals surface area (Å²) in [5, 5.41) is 29.8. The molecule has 0 saturated heterocycles. The zero-order chi connectivity index (χ0) is 69.0. The van der Waals surface area contributed by atoms with E-state index in [1.165, 1.54) is 12.7 Å². The van der Waals surface area contributed by atoms with Gasteiger partial charge < -0.3 is 127 Å². The van der Waals surface area contributed by atoms with E-state index >= 15 is 0 Å².